The van der Waals surface area contributed by atoms with Crippen molar-refractivity contribution in [1.29, 1.82) is 0 Å². The van der Waals surface area contributed by atoms with Crippen LogP contribution in [-0.2, 0) is 25.2 Å². The zero-order valence-electron chi connectivity index (χ0n) is 13.4. The maximum Gasteiger partial charge on any atom is 0.253 e. The summed E-state index contributed by atoms with van der Waals surface area (Å²) in [5.41, 5.74) is 2.40. The molecule has 2 aliphatic heterocycles. The molecule has 0 atom stereocenters. The van der Waals surface area contributed by atoms with Crippen molar-refractivity contribution in [3.63, 3.8) is 0 Å². The van der Waals surface area contributed by atoms with Gasteiger partial charge in [-0.1, -0.05) is 0 Å². The molecule has 1 aliphatic carbocycles. The summed E-state index contributed by atoms with van der Waals surface area (Å²) in [5.74, 6) is 0.880. The van der Waals surface area contributed by atoms with Crippen molar-refractivity contribution >= 4 is 23.1 Å². The predicted molar refractivity (Wildman–Crippen MR) is 89.0 cm³/mol. The Balaban J connectivity index is 1.47. The van der Waals surface area contributed by atoms with Crippen LogP contribution >= 0.6 is 11.3 Å². The molecule has 0 saturated heterocycles. The summed E-state index contributed by atoms with van der Waals surface area (Å²) in [7, 11) is 0. The number of fused-ring (bicyclic) bond motifs is 2. The number of carbonyl (C=O) groups is 1. The molecule has 1 amide bonds. The number of halogens is 1. The molecule has 2 aromatic heterocycles. The average molecular weight is 344 g/mol. The van der Waals surface area contributed by atoms with Crippen molar-refractivity contribution in [2.45, 2.75) is 44.9 Å². The number of anilines is 1. The molecule has 2 aromatic rings. The Hall–Kier alpha value is -2.02. The fourth-order valence-electron chi connectivity index (χ4n) is 3.44. The summed E-state index contributed by atoms with van der Waals surface area (Å²) in [6.45, 7) is 4.03. The minimum absolute atomic E-state index is 0.0437. The number of amides is 1. The molecule has 0 aromatic carbocycles. The Kier molecular flexibility index (Phi) is 2.84. The minimum atomic E-state index is -1.15. The lowest BCUT2D eigenvalue weighted by molar-refractivity contribution is 0.0965. The van der Waals surface area contributed by atoms with Crippen LogP contribution in [0.15, 0.2) is 6.07 Å². The van der Waals surface area contributed by atoms with Gasteiger partial charge >= 0.3 is 0 Å². The minimum Gasteiger partial charge on any atom is -0.351 e. The second kappa shape index (κ2) is 4.75. The molecule has 0 bridgehead atoms. The molecule has 0 radical (unpaired) electrons. The van der Waals surface area contributed by atoms with Gasteiger partial charge in [-0.15, -0.1) is 11.3 Å². The molecule has 0 spiro atoms. The van der Waals surface area contributed by atoms with Gasteiger partial charge in [-0.05, 0) is 31.4 Å². The van der Waals surface area contributed by atoms with E-state index in [0.29, 0.717) is 30.0 Å². The third kappa shape index (κ3) is 2.07. The van der Waals surface area contributed by atoms with Crippen LogP contribution in [0, 0.1) is 6.92 Å². The van der Waals surface area contributed by atoms with Crippen molar-refractivity contribution in [2.24, 2.45) is 0 Å². The number of hydrogen-bond acceptors (Lipinski definition) is 5. The van der Waals surface area contributed by atoms with Crippen molar-refractivity contribution in [3.05, 3.63) is 38.5 Å². The number of hydrogen-bond donors (Lipinski definition) is 1. The number of nitrogens with one attached hydrogen (secondary N) is 1. The molecule has 1 saturated carbocycles. The van der Waals surface area contributed by atoms with E-state index in [2.05, 4.69) is 15.2 Å². The Morgan fingerprint density at radius 2 is 2.17 bits per heavy atom. The number of pyridine rings is 1. The lowest BCUT2D eigenvalue weighted by atomic mass is 10.1. The standard InChI is InChI=1S/C17H17FN4OS/c1-9-6-10-12(7-19-15(10)23)20-14(9)22-5-2-11-13(8-22)24-16(21-11)17(18)3-4-17/h6H,2-5,7-8H2,1H3,(H,19,23). The quantitative estimate of drug-likeness (QED) is 0.910. The van der Waals surface area contributed by atoms with E-state index in [1.165, 1.54) is 11.3 Å². The molecule has 1 fully saturated rings. The van der Waals surface area contributed by atoms with E-state index >= 15 is 0 Å². The lowest BCUT2D eigenvalue weighted by Crippen LogP contribution is -2.31. The first-order valence-electron chi connectivity index (χ1n) is 8.25. The number of nitrogens with zero attached hydrogens (tertiary/aromatic N) is 3. The molecule has 5 nitrogen and oxygen atoms in total. The highest BCUT2D eigenvalue weighted by Crippen LogP contribution is 2.51. The second-order valence-electron chi connectivity index (χ2n) is 6.83. The van der Waals surface area contributed by atoms with Gasteiger partial charge in [0, 0.05) is 17.8 Å². The van der Waals surface area contributed by atoms with Gasteiger partial charge in [-0.3, -0.25) is 4.79 Å². The van der Waals surface area contributed by atoms with E-state index in [-0.39, 0.29) is 5.91 Å². The van der Waals surface area contributed by atoms with Crippen LogP contribution in [-0.4, -0.2) is 22.4 Å². The van der Waals surface area contributed by atoms with Crippen LogP contribution in [0.4, 0.5) is 10.2 Å². The molecule has 0 unspecified atom stereocenters. The van der Waals surface area contributed by atoms with Gasteiger partial charge in [0.05, 0.1) is 30.0 Å². The number of aryl methyl sites for hydroxylation is 1. The number of aromatic nitrogens is 2. The highest BCUT2D eigenvalue weighted by atomic mass is 32.1. The highest BCUT2D eigenvalue weighted by molar-refractivity contribution is 7.12. The van der Waals surface area contributed by atoms with E-state index in [9.17, 15) is 9.18 Å². The van der Waals surface area contributed by atoms with Crippen molar-refractivity contribution in [1.82, 2.24) is 15.3 Å². The Morgan fingerprint density at radius 1 is 1.33 bits per heavy atom. The first-order chi connectivity index (χ1) is 11.5. The molecule has 5 rings (SSSR count). The SMILES string of the molecule is Cc1cc2c(nc1N1CCc3nc(C4(F)CC4)sc3C1)CNC2=O. The van der Waals surface area contributed by atoms with Crippen molar-refractivity contribution in [3.8, 4) is 0 Å². The van der Waals surface area contributed by atoms with Crippen LogP contribution < -0.4 is 10.2 Å². The molecule has 7 heteroatoms. The second-order valence-corrected chi connectivity index (χ2v) is 7.92. The summed E-state index contributed by atoms with van der Waals surface area (Å²) >= 11 is 1.51. The van der Waals surface area contributed by atoms with Crippen molar-refractivity contribution < 1.29 is 9.18 Å². The Labute approximate surface area is 142 Å². The van der Waals surface area contributed by atoms with Gasteiger partial charge in [0.15, 0.2) is 5.67 Å². The maximum absolute atomic E-state index is 14.3. The van der Waals surface area contributed by atoms with Crippen LogP contribution in [0.25, 0.3) is 0 Å². The topological polar surface area (TPSA) is 58.1 Å². The largest absolute Gasteiger partial charge is 0.351 e. The van der Waals surface area contributed by atoms with Crippen LogP contribution in [0.5, 0.6) is 0 Å². The summed E-state index contributed by atoms with van der Waals surface area (Å²) in [6, 6.07) is 1.92. The van der Waals surface area contributed by atoms with Crippen LogP contribution in [0.2, 0.25) is 0 Å². The average Bonchev–Trinajstić information content (AvgIpc) is 3.03. The van der Waals surface area contributed by atoms with E-state index in [0.717, 1.165) is 47.2 Å². The number of carbonyl (C=O) groups excluding carboxylic acids is 1. The first kappa shape index (κ1) is 14.3. The third-order valence-electron chi connectivity index (χ3n) is 5.03. The van der Waals surface area contributed by atoms with Crippen LogP contribution in [0.1, 0.15) is 50.0 Å². The normalized spacial score (nSPS) is 20.6. The molecule has 1 N–H and O–H groups in total. The number of alkyl halides is 1. The van der Waals surface area contributed by atoms with E-state index < -0.39 is 5.67 Å². The molecular weight excluding hydrogens is 327 g/mol. The first-order valence-corrected chi connectivity index (χ1v) is 9.07. The van der Waals surface area contributed by atoms with Crippen molar-refractivity contribution in [2.75, 3.05) is 11.4 Å². The van der Waals surface area contributed by atoms with E-state index in [1.54, 1.807) is 0 Å². The summed E-state index contributed by atoms with van der Waals surface area (Å²) < 4.78 is 14.3. The summed E-state index contributed by atoms with van der Waals surface area (Å²) in [5, 5.41) is 3.47. The fourth-order valence-corrected chi connectivity index (χ4v) is 4.70. The van der Waals surface area contributed by atoms with Gasteiger partial charge in [-0.2, -0.15) is 0 Å². The lowest BCUT2D eigenvalue weighted by Gasteiger charge is -2.28. The van der Waals surface area contributed by atoms with Gasteiger partial charge in [0.2, 0.25) is 0 Å². The molecule has 4 heterocycles. The van der Waals surface area contributed by atoms with Crippen LogP contribution in [0.3, 0.4) is 0 Å². The maximum atomic E-state index is 14.3. The fraction of sp³-hybridized carbons (Fsp3) is 0.471. The van der Waals surface area contributed by atoms with Gasteiger partial charge in [-0.25, -0.2) is 14.4 Å². The smallest absolute Gasteiger partial charge is 0.253 e. The van der Waals surface area contributed by atoms with E-state index in [4.69, 9.17) is 4.98 Å². The molecular formula is C17H17FN4OS. The zero-order chi connectivity index (χ0) is 16.5. The van der Waals surface area contributed by atoms with Gasteiger partial charge < -0.3 is 10.2 Å². The molecule has 3 aliphatic rings. The highest BCUT2D eigenvalue weighted by Gasteiger charge is 2.48. The molecule has 24 heavy (non-hydrogen) atoms. The van der Waals surface area contributed by atoms with Gasteiger partial charge in [0.25, 0.3) is 5.91 Å². The Morgan fingerprint density at radius 3 is 2.96 bits per heavy atom. The zero-order valence-corrected chi connectivity index (χ0v) is 14.2. The summed E-state index contributed by atoms with van der Waals surface area (Å²) in [6.07, 6.45) is 2.03. The third-order valence-corrected chi connectivity index (χ3v) is 6.29. The Bertz CT molecular complexity index is 874. The molecule has 124 valence electrons. The van der Waals surface area contributed by atoms with Gasteiger partial charge in [0.1, 0.15) is 10.8 Å². The predicted octanol–water partition coefficient (Wildman–Crippen LogP) is 2.61. The monoisotopic (exact) mass is 344 g/mol. The number of rotatable bonds is 2. The summed E-state index contributed by atoms with van der Waals surface area (Å²) in [4.78, 5) is 24.4. The number of thiazole rings is 1. The van der Waals surface area contributed by atoms with E-state index in [1.807, 2.05) is 13.0 Å².